The molecule has 0 N–H and O–H groups in total. The van der Waals surface area contributed by atoms with E-state index in [-0.39, 0.29) is 10.8 Å². The summed E-state index contributed by atoms with van der Waals surface area (Å²) in [7, 11) is 0. The van der Waals surface area contributed by atoms with E-state index in [4.69, 9.17) is 4.98 Å². The molecule has 0 amide bonds. The minimum atomic E-state index is 0.121. The minimum Gasteiger partial charge on any atom is -0.307 e. The van der Waals surface area contributed by atoms with Crippen molar-refractivity contribution in [3.63, 3.8) is 0 Å². The van der Waals surface area contributed by atoms with Crippen LogP contribution >= 0.6 is 0 Å². The summed E-state index contributed by atoms with van der Waals surface area (Å²) in [5.74, 6) is 1.03. The average molecular weight is 362 g/mol. The van der Waals surface area contributed by atoms with Crippen LogP contribution in [-0.4, -0.2) is 14.0 Å². The van der Waals surface area contributed by atoms with Crippen molar-refractivity contribution in [3.8, 4) is 0 Å². The highest BCUT2D eigenvalue weighted by Gasteiger charge is 2.22. The van der Waals surface area contributed by atoms with E-state index >= 15 is 0 Å². The second-order valence-electron chi connectivity index (χ2n) is 10.1. The highest BCUT2D eigenvalue weighted by molar-refractivity contribution is 5.91. The van der Waals surface area contributed by atoms with Crippen LogP contribution in [-0.2, 0) is 10.8 Å². The molecule has 0 radical (unpaired) electrons. The SMILES string of the molecule is CC(C)n1c2ccc(C(C)(C)C)cc2n2c3ccc(C(C)(C)C)cc3nc12. The maximum absolute atomic E-state index is 5.07. The Morgan fingerprint density at radius 2 is 1.30 bits per heavy atom. The Balaban J connectivity index is 2.13. The van der Waals surface area contributed by atoms with Crippen LogP contribution in [0.4, 0.5) is 0 Å². The van der Waals surface area contributed by atoms with Gasteiger partial charge in [0.25, 0.3) is 0 Å². The molecule has 0 aliphatic carbocycles. The zero-order valence-corrected chi connectivity index (χ0v) is 17.9. The van der Waals surface area contributed by atoms with Gasteiger partial charge >= 0.3 is 0 Å². The monoisotopic (exact) mass is 361 g/mol. The Hall–Kier alpha value is -2.29. The fourth-order valence-corrected chi connectivity index (χ4v) is 3.92. The largest absolute Gasteiger partial charge is 0.307 e. The summed E-state index contributed by atoms with van der Waals surface area (Å²) in [5, 5.41) is 0. The molecular weight excluding hydrogens is 330 g/mol. The molecule has 2 heterocycles. The first-order chi connectivity index (χ1) is 12.5. The summed E-state index contributed by atoms with van der Waals surface area (Å²) in [6, 6.07) is 14.0. The molecule has 2 aromatic heterocycles. The molecule has 27 heavy (non-hydrogen) atoms. The number of rotatable bonds is 1. The predicted molar refractivity (Wildman–Crippen MR) is 116 cm³/mol. The van der Waals surface area contributed by atoms with Gasteiger partial charge in [0, 0.05) is 6.04 Å². The number of hydrogen-bond acceptors (Lipinski definition) is 1. The molecular formula is C24H31N3. The molecule has 3 heteroatoms. The van der Waals surface area contributed by atoms with E-state index in [1.165, 1.54) is 27.7 Å². The van der Waals surface area contributed by atoms with Crippen molar-refractivity contribution in [2.75, 3.05) is 0 Å². The van der Waals surface area contributed by atoms with Crippen LogP contribution in [0.2, 0.25) is 0 Å². The second kappa shape index (κ2) is 5.60. The van der Waals surface area contributed by atoms with Crippen LogP contribution in [0.25, 0.3) is 27.8 Å². The van der Waals surface area contributed by atoms with E-state index in [9.17, 15) is 0 Å². The molecule has 0 unspecified atom stereocenters. The number of fused-ring (bicyclic) bond motifs is 5. The van der Waals surface area contributed by atoms with Crippen molar-refractivity contribution in [2.24, 2.45) is 0 Å². The average Bonchev–Trinajstić information content (AvgIpc) is 3.05. The molecule has 0 aliphatic rings. The number of imidazole rings is 2. The third-order valence-electron chi connectivity index (χ3n) is 5.58. The van der Waals surface area contributed by atoms with E-state index < -0.39 is 0 Å². The lowest BCUT2D eigenvalue weighted by molar-refractivity contribution is 0.590. The fourth-order valence-electron chi connectivity index (χ4n) is 3.92. The molecule has 0 aliphatic heterocycles. The number of aromatic nitrogens is 3. The molecule has 0 atom stereocenters. The summed E-state index contributed by atoms with van der Waals surface area (Å²) in [5.41, 5.74) is 7.69. The molecule has 4 aromatic rings. The molecule has 0 spiro atoms. The third-order valence-corrected chi connectivity index (χ3v) is 5.58. The smallest absolute Gasteiger partial charge is 0.216 e. The van der Waals surface area contributed by atoms with Gasteiger partial charge < -0.3 is 4.57 Å². The van der Waals surface area contributed by atoms with Gasteiger partial charge in [-0.15, -0.1) is 0 Å². The van der Waals surface area contributed by atoms with E-state index in [1.54, 1.807) is 0 Å². The van der Waals surface area contributed by atoms with Gasteiger partial charge in [0.05, 0.1) is 22.1 Å². The molecule has 0 fully saturated rings. The van der Waals surface area contributed by atoms with Crippen molar-refractivity contribution in [1.29, 1.82) is 0 Å². The maximum Gasteiger partial charge on any atom is 0.216 e. The number of nitrogens with zero attached hydrogens (tertiary/aromatic N) is 3. The Kier molecular flexibility index (Phi) is 3.76. The van der Waals surface area contributed by atoms with Crippen LogP contribution in [0.3, 0.4) is 0 Å². The highest BCUT2D eigenvalue weighted by atomic mass is 15.2. The van der Waals surface area contributed by atoms with E-state index in [0.717, 1.165) is 11.3 Å². The van der Waals surface area contributed by atoms with Gasteiger partial charge in [0.1, 0.15) is 0 Å². The van der Waals surface area contributed by atoms with Crippen molar-refractivity contribution in [3.05, 3.63) is 47.5 Å². The Morgan fingerprint density at radius 1 is 0.741 bits per heavy atom. The Bertz CT molecular complexity index is 1160. The molecule has 3 nitrogen and oxygen atoms in total. The minimum absolute atomic E-state index is 0.121. The van der Waals surface area contributed by atoms with Gasteiger partial charge in [-0.2, -0.15) is 0 Å². The van der Waals surface area contributed by atoms with Crippen molar-refractivity contribution >= 4 is 27.8 Å². The Labute approximate surface area is 162 Å². The molecule has 0 saturated heterocycles. The summed E-state index contributed by atoms with van der Waals surface area (Å²) >= 11 is 0. The standard InChI is InChI=1S/C24H31N3/c1-15(2)26-20-12-10-17(24(6,7)8)14-21(20)27-19-11-9-16(23(3,4)5)13-18(19)25-22(26)27/h9-15H,1-8H3. The van der Waals surface area contributed by atoms with Gasteiger partial charge in [-0.3, -0.25) is 4.40 Å². The van der Waals surface area contributed by atoms with Crippen LogP contribution in [0, 0.1) is 0 Å². The lowest BCUT2D eigenvalue weighted by Crippen LogP contribution is -2.11. The van der Waals surface area contributed by atoms with Crippen molar-refractivity contribution in [2.45, 2.75) is 72.3 Å². The summed E-state index contributed by atoms with van der Waals surface area (Å²) in [6.07, 6.45) is 0. The first-order valence-corrected chi connectivity index (χ1v) is 9.95. The van der Waals surface area contributed by atoms with Gasteiger partial charge in [-0.1, -0.05) is 53.7 Å². The van der Waals surface area contributed by atoms with Gasteiger partial charge in [-0.25, -0.2) is 4.98 Å². The predicted octanol–water partition coefficient (Wildman–Crippen LogP) is 6.62. The topological polar surface area (TPSA) is 22.2 Å². The first-order valence-electron chi connectivity index (χ1n) is 9.95. The van der Waals surface area contributed by atoms with Crippen LogP contribution in [0.15, 0.2) is 36.4 Å². The van der Waals surface area contributed by atoms with Gasteiger partial charge in [-0.05, 0) is 60.1 Å². The highest BCUT2D eigenvalue weighted by Crippen LogP contribution is 2.34. The van der Waals surface area contributed by atoms with Crippen LogP contribution in [0.5, 0.6) is 0 Å². The van der Waals surface area contributed by atoms with Crippen LogP contribution in [0.1, 0.15) is 72.6 Å². The van der Waals surface area contributed by atoms with E-state index in [2.05, 4.69) is 101 Å². The molecule has 2 aromatic carbocycles. The van der Waals surface area contributed by atoms with Gasteiger partial charge in [0.15, 0.2) is 0 Å². The quantitative estimate of drug-likeness (QED) is 0.373. The second-order valence-corrected chi connectivity index (χ2v) is 10.1. The molecule has 0 saturated carbocycles. The molecule has 4 rings (SSSR count). The fraction of sp³-hybridized carbons (Fsp3) is 0.458. The van der Waals surface area contributed by atoms with Gasteiger partial charge in [0.2, 0.25) is 5.78 Å². The zero-order valence-electron chi connectivity index (χ0n) is 17.9. The van der Waals surface area contributed by atoms with E-state index in [1.807, 2.05) is 0 Å². The maximum atomic E-state index is 5.07. The lowest BCUT2D eigenvalue weighted by Gasteiger charge is -2.19. The normalized spacial score (nSPS) is 13.5. The summed E-state index contributed by atoms with van der Waals surface area (Å²) in [6.45, 7) is 18.0. The van der Waals surface area contributed by atoms with E-state index in [0.29, 0.717) is 6.04 Å². The number of hydrogen-bond donors (Lipinski definition) is 0. The third kappa shape index (κ3) is 2.75. The van der Waals surface area contributed by atoms with Crippen molar-refractivity contribution in [1.82, 2.24) is 14.0 Å². The summed E-state index contributed by atoms with van der Waals surface area (Å²) < 4.78 is 4.70. The summed E-state index contributed by atoms with van der Waals surface area (Å²) in [4.78, 5) is 5.07. The molecule has 142 valence electrons. The first kappa shape index (κ1) is 18.1. The Morgan fingerprint density at radius 3 is 1.85 bits per heavy atom. The van der Waals surface area contributed by atoms with Crippen molar-refractivity contribution < 1.29 is 0 Å². The molecule has 0 bridgehead atoms. The van der Waals surface area contributed by atoms with Crippen LogP contribution < -0.4 is 0 Å². The number of benzene rings is 2. The zero-order chi connectivity index (χ0) is 19.7. The lowest BCUT2D eigenvalue weighted by atomic mass is 9.87.